The zero-order valence-electron chi connectivity index (χ0n) is 9.14. The maximum Gasteiger partial charge on any atom is 0.0340 e. The fourth-order valence-corrected chi connectivity index (χ4v) is 1.27. The Hall–Kier alpha value is -1.02. The van der Waals surface area contributed by atoms with Crippen molar-refractivity contribution >= 4 is 5.69 Å². The van der Waals surface area contributed by atoms with E-state index in [2.05, 4.69) is 48.7 Å². The molecule has 0 amide bonds. The molecule has 78 valence electrons. The molecule has 14 heavy (non-hydrogen) atoms. The molecule has 0 spiro atoms. The van der Waals surface area contributed by atoms with Gasteiger partial charge in [0.25, 0.3) is 0 Å². The van der Waals surface area contributed by atoms with Gasteiger partial charge in [0.15, 0.2) is 0 Å². The first-order valence-electron chi connectivity index (χ1n) is 5.34. The maximum atomic E-state index is 3.37. The van der Waals surface area contributed by atoms with Crippen molar-refractivity contribution in [1.82, 2.24) is 5.32 Å². The third-order valence-corrected chi connectivity index (χ3v) is 2.11. The van der Waals surface area contributed by atoms with Crippen molar-refractivity contribution < 1.29 is 0 Å². The molecule has 0 fully saturated rings. The standard InChI is InChI=1S/C12H20N2/c1-3-8-13-9-10-14-12-6-4-11(2)5-7-12/h4-7,13-14H,3,8-10H2,1-2H3. The summed E-state index contributed by atoms with van der Waals surface area (Å²) in [4.78, 5) is 0. The zero-order chi connectivity index (χ0) is 10.2. The smallest absolute Gasteiger partial charge is 0.0340 e. The van der Waals surface area contributed by atoms with E-state index < -0.39 is 0 Å². The highest BCUT2D eigenvalue weighted by Crippen LogP contribution is 2.07. The molecule has 0 aliphatic rings. The fourth-order valence-electron chi connectivity index (χ4n) is 1.27. The van der Waals surface area contributed by atoms with Crippen LogP contribution in [0.4, 0.5) is 5.69 Å². The van der Waals surface area contributed by atoms with Crippen LogP contribution in [0.5, 0.6) is 0 Å². The molecular formula is C12H20N2. The SMILES string of the molecule is CCCNCCNc1ccc(C)cc1. The summed E-state index contributed by atoms with van der Waals surface area (Å²) in [6, 6.07) is 8.49. The number of anilines is 1. The van der Waals surface area contributed by atoms with Crippen molar-refractivity contribution in [3.63, 3.8) is 0 Å². The van der Waals surface area contributed by atoms with Gasteiger partial charge in [-0.2, -0.15) is 0 Å². The summed E-state index contributed by atoms with van der Waals surface area (Å²) in [7, 11) is 0. The normalized spacial score (nSPS) is 10.1. The highest BCUT2D eigenvalue weighted by atomic mass is 14.9. The summed E-state index contributed by atoms with van der Waals surface area (Å²) in [5, 5.41) is 6.72. The summed E-state index contributed by atoms with van der Waals surface area (Å²) < 4.78 is 0. The van der Waals surface area contributed by atoms with Crippen LogP contribution in [0.1, 0.15) is 18.9 Å². The van der Waals surface area contributed by atoms with Gasteiger partial charge in [0.1, 0.15) is 0 Å². The summed E-state index contributed by atoms with van der Waals surface area (Å²) in [6.45, 7) is 7.41. The molecule has 0 radical (unpaired) electrons. The molecule has 0 saturated heterocycles. The van der Waals surface area contributed by atoms with Gasteiger partial charge in [-0.15, -0.1) is 0 Å². The number of rotatable bonds is 6. The quantitative estimate of drug-likeness (QED) is 0.676. The Morgan fingerprint density at radius 2 is 1.71 bits per heavy atom. The molecule has 0 saturated carbocycles. The van der Waals surface area contributed by atoms with Crippen molar-refractivity contribution in [2.75, 3.05) is 25.0 Å². The second-order valence-electron chi connectivity index (χ2n) is 3.54. The number of nitrogens with one attached hydrogen (secondary N) is 2. The predicted octanol–water partition coefficient (Wildman–Crippen LogP) is 2.41. The maximum absolute atomic E-state index is 3.37. The van der Waals surface area contributed by atoms with Crippen LogP contribution < -0.4 is 10.6 Å². The van der Waals surface area contributed by atoms with E-state index in [0.29, 0.717) is 0 Å². The van der Waals surface area contributed by atoms with Crippen molar-refractivity contribution in [1.29, 1.82) is 0 Å². The van der Waals surface area contributed by atoms with E-state index in [1.54, 1.807) is 0 Å². The molecular weight excluding hydrogens is 172 g/mol. The average molecular weight is 192 g/mol. The third kappa shape index (κ3) is 4.28. The van der Waals surface area contributed by atoms with Crippen molar-refractivity contribution in [3.8, 4) is 0 Å². The zero-order valence-corrected chi connectivity index (χ0v) is 9.14. The highest BCUT2D eigenvalue weighted by Gasteiger charge is 1.90. The fraction of sp³-hybridized carbons (Fsp3) is 0.500. The molecule has 2 heteroatoms. The highest BCUT2D eigenvalue weighted by molar-refractivity contribution is 5.44. The van der Waals surface area contributed by atoms with Gasteiger partial charge >= 0.3 is 0 Å². The minimum Gasteiger partial charge on any atom is -0.384 e. The lowest BCUT2D eigenvalue weighted by Gasteiger charge is -2.07. The summed E-state index contributed by atoms with van der Waals surface area (Å²) in [5.41, 5.74) is 2.51. The van der Waals surface area contributed by atoms with Crippen LogP contribution in [0, 0.1) is 6.92 Å². The van der Waals surface area contributed by atoms with Gasteiger partial charge in [-0.25, -0.2) is 0 Å². The Morgan fingerprint density at radius 1 is 1.00 bits per heavy atom. The molecule has 0 aliphatic carbocycles. The number of aryl methyl sites for hydroxylation is 1. The molecule has 2 nitrogen and oxygen atoms in total. The second kappa shape index (κ2) is 6.44. The lowest BCUT2D eigenvalue weighted by molar-refractivity contribution is 0.688. The van der Waals surface area contributed by atoms with E-state index >= 15 is 0 Å². The van der Waals surface area contributed by atoms with Crippen molar-refractivity contribution in [2.24, 2.45) is 0 Å². The molecule has 0 heterocycles. The summed E-state index contributed by atoms with van der Waals surface area (Å²) >= 11 is 0. The predicted molar refractivity (Wildman–Crippen MR) is 62.8 cm³/mol. The number of hydrogen-bond donors (Lipinski definition) is 2. The van der Waals surface area contributed by atoms with Crippen molar-refractivity contribution in [2.45, 2.75) is 20.3 Å². The van der Waals surface area contributed by atoms with Gasteiger partial charge in [0, 0.05) is 18.8 Å². The van der Waals surface area contributed by atoms with Crippen LogP contribution in [0.3, 0.4) is 0 Å². The van der Waals surface area contributed by atoms with Crippen LogP contribution in [0.15, 0.2) is 24.3 Å². The van der Waals surface area contributed by atoms with Crippen LogP contribution in [0.2, 0.25) is 0 Å². The van der Waals surface area contributed by atoms with Gasteiger partial charge in [-0.05, 0) is 32.0 Å². The van der Waals surface area contributed by atoms with E-state index in [0.717, 1.165) is 19.6 Å². The van der Waals surface area contributed by atoms with Gasteiger partial charge in [-0.1, -0.05) is 24.6 Å². The van der Waals surface area contributed by atoms with E-state index in [9.17, 15) is 0 Å². The minimum absolute atomic E-state index is 0.989. The lowest BCUT2D eigenvalue weighted by Crippen LogP contribution is -2.22. The van der Waals surface area contributed by atoms with Crippen LogP contribution in [-0.4, -0.2) is 19.6 Å². The van der Waals surface area contributed by atoms with Gasteiger partial charge in [0.2, 0.25) is 0 Å². The van der Waals surface area contributed by atoms with Crippen molar-refractivity contribution in [3.05, 3.63) is 29.8 Å². The van der Waals surface area contributed by atoms with Crippen LogP contribution in [0.25, 0.3) is 0 Å². The molecule has 1 rings (SSSR count). The first-order valence-corrected chi connectivity index (χ1v) is 5.34. The van der Waals surface area contributed by atoms with Gasteiger partial charge < -0.3 is 10.6 Å². The molecule has 0 bridgehead atoms. The van der Waals surface area contributed by atoms with Crippen LogP contribution >= 0.6 is 0 Å². The molecule has 0 aromatic heterocycles. The Bertz CT molecular complexity index is 241. The molecule has 2 N–H and O–H groups in total. The summed E-state index contributed by atoms with van der Waals surface area (Å²) in [6.07, 6.45) is 1.20. The number of benzene rings is 1. The first-order chi connectivity index (χ1) is 6.83. The van der Waals surface area contributed by atoms with E-state index in [-0.39, 0.29) is 0 Å². The minimum atomic E-state index is 0.989. The Labute approximate surface area is 86.7 Å². The van der Waals surface area contributed by atoms with Gasteiger partial charge in [-0.3, -0.25) is 0 Å². The first kappa shape index (κ1) is 11.1. The van der Waals surface area contributed by atoms with E-state index in [1.165, 1.54) is 17.7 Å². The monoisotopic (exact) mass is 192 g/mol. The Kier molecular flexibility index (Phi) is 5.08. The summed E-state index contributed by atoms with van der Waals surface area (Å²) in [5.74, 6) is 0. The second-order valence-corrected chi connectivity index (χ2v) is 3.54. The molecule has 1 aromatic carbocycles. The Morgan fingerprint density at radius 3 is 2.36 bits per heavy atom. The third-order valence-electron chi connectivity index (χ3n) is 2.11. The molecule has 0 atom stereocenters. The largest absolute Gasteiger partial charge is 0.384 e. The lowest BCUT2D eigenvalue weighted by atomic mass is 10.2. The topological polar surface area (TPSA) is 24.1 Å². The van der Waals surface area contributed by atoms with E-state index in [4.69, 9.17) is 0 Å². The number of hydrogen-bond acceptors (Lipinski definition) is 2. The van der Waals surface area contributed by atoms with Gasteiger partial charge in [0.05, 0.1) is 0 Å². The average Bonchev–Trinajstić information content (AvgIpc) is 2.21. The molecule has 0 unspecified atom stereocenters. The Balaban J connectivity index is 2.15. The van der Waals surface area contributed by atoms with Crippen LogP contribution in [-0.2, 0) is 0 Å². The molecule has 1 aromatic rings. The van der Waals surface area contributed by atoms with E-state index in [1.807, 2.05) is 0 Å². The molecule has 0 aliphatic heterocycles.